The van der Waals surface area contributed by atoms with E-state index < -0.39 is 0 Å². The largest absolute Gasteiger partial charge is 0.303 e. The second kappa shape index (κ2) is 8.58. The molecule has 0 saturated heterocycles. The molecule has 0 rings (SSSR count). The highest BCUT2D eigenvalue weighted by Crippen LogP contribution is 2.12. The molecular formula is C13H28BrN. The number of hydrogen-bond donors (Lipinski definition) is 0. The van der Waals surface area contributed by atoms with Gasteiger partial charge < -0.3 is 4.90 Å². The molecule has 1 atom stereocenters. The van der Waals surface area contributed by atoms with E-state index in [0.717, 1.165) is 23.1 Å². The summed E-state index contributed by atoms with van der Waals surface area (Å²) in [5.74, 6) is 2.36. The number of alkyl halides is 1. The molecular weight excluding hydrogens is 250 g/mol. The van der Waals surface area contributed by atoms with Gasteiger partial charge in [-0.2, -0.15) is 0 Å². The zero-order valence-corrected chi connectivity index (χ0v) is 12.7. The molecule has 0 radical (unpaired) electrons. The first kappa shape index (κ1) is 15.4. The minimum atomic E-state index is 0.775. The molecule has 0 aliphatic rings. The van der Waals surface area contributed by atoms with Crippen LogP contribution in [0.2, 0.25) is 0 Å². The van der Waals surface area contributed by atoms with Crippen LogP contribution in [-0.2, 0) is 0 Å². The van der Waals surface area contributed by atoms with Gasteiger partial charge in [0.05, 0.1) is 0 Å². The fourth-order valence-corrected chi connectivity index (χ4v) is 2.57. The number of hydrogen-bond acceptors (Lipinski definition) is 1. The van der Waals surface area contributed by atoms with Crippen LogP contribution >= 0.6 is 15.9 Å². The first-order valence-electron chi connectivity index (χ1n) is 6.27. The van der Waals surface area contributed by atoms with E-state index in [2.05, 4.69) is 55.4 Å². The standard InChI is InChI=1S/C13H28BrN/c1-6-13(7-14)10-15(8-11(2)3)9-12(4)5/h11-13H,6-10H2,1-5H3. The zero-order valence-electron chi connectivity index (χ0n) is 11.1. The van der Waals surface area contributed by atoms with E-state index in [1.165, 1.54) is 26.1 Å². The Kier molecular flexibility index (Phi) is 8.83. The van der Waals surface area contributed by atoms with Crippen LogP contribution in [0.1, 0.15) is 41.0 Å². The van der Waals surface area contributed by atoms with Crippen molar-refractivity contribution < 1.29 is 0 Å². The lowest BCUT2D eigenvalue weighted by molar-refractivity contribution is 0.193. The fourth-order valence-electron chi connectivity index (χ4n) is 1.91. The smallest absolute Gasteiger partial charge is 0.00717 e. The molecule has 0 aromatic carbocycles. The molecule has 0 aliphatic heterocycles. The quantitative estimate of drug-likeness (QED) is 0.606. The van der Waals surface area contributed by atoms with E-state index in [0.29, 0.717) is 0 Å². The van der Waals surface area contributed by atoms with Gasteiger partial charge in [0.15, 0.2) is 0 Å². The lowest BCUT2D eigenvalue weighted by Crippen LogP contribution is -2.35. The normalized spacial score (nSPS) is 14.2. The SMILES string of the molecule is CCC(CBr)CN(CC(C)C)CC(C)C. The molecule has 0 bridgehead atoms. The Balaban J connectivity index is 4.09. The summed E-state index contributed by atoms with van der Waals surface area (Å²) in [6, 6.07) is 0. The third kappa shape index (κ3) is 8.27. The van der Waals surface area contributed by atoms with Crippen molar-refractivity contribution in [2.75, 3.05) is 25.0 Å². The highest BCUT2D eigenvalue weighted by Gasteiger charge is 2.14. The minimum Gasteiger partial charge on any atom is -0.303 e. The molecule has 0 aromatic rings. The molecule has 2 heteroatoms. The summed E-state index contributed by atoms with van der Waals surface area (Å²) in [4.78, 5) is 2.63. The summed E-state index contributed by atoms with van der Waals surface area (Å²) in [6.45, 7) is 15.2. The van der Waals surface area contributed by atoms with E-state index in [9.17, 15) is 0 Å². The Hall–Kier alpha value is 0.440. The van der Waals surface area contributed by atoms with E-state index in [1.807, 2.05) is 0 Å². The van der Waals surface area contributed by atoms with Crippen molar-refractivity contribution in [1.82, 2.24) is 4.90 Å². The summed E-state index contributed by atoms with van der Waals surface area (Å²) in [7, 11) is 0. The molecule has 0 N–H and O–H groups in total. The predicted octanol–water partition coefficient (Wildman–Crippen LogP) is 4.02. The number of nitrogens with zero attached hydrogens (tertiary/aromatic N) is 1. The van der Waals surface area contributed by atoms with E-state index in [1.54, 1.807) is 0 Å². The summed E-state index contributed by atoms with van der Waals surface area (Å²) < 4.78 is 0. The number of rotatable bonds is 8. The maximum absolute atomic E-state index is 3.61. The average Bonchev–Trinajstić information content (AvgIpc) is 2.11. The van der Waals surface area contributed by atoms with Crippen LogP contribution in [-0.4, -0.2) is 29.9 Å². The van der Waals surface area contributed by atoms with Gasteiger partial charge in [-0.05, 0) is 17.8 Å². The van der Waals surface area contributed by atoms with Crippen molar-refractivity contribution in [2.45, 2.75) is 41.0 Å². The molecule has 0 amide bonds. The van der Waals surface area contributed by atoms with Gasteiger partial charge in [0.25, 0.3) is 0 Å². The Bertz CT molecular complexity index is 131. The van der Waals surface area contributed by atoms with Crippen molar-refractivity contribution in [3.8, 4) is 0 Å². The first-order chi connectivity index (χ1) is 6.99. The van der Waals surface area contributed by atoms with Crippen LogP contribution < -0.4 is 0 Å². The van der Waals surface area contributed by atoms with Crippen molar-refractivity contribution in [2.24, 2.45) is 17.8 Å². The Morgan fingerprint density at radius 3 is 1.67 bits per heavy atom. The lowest BCUT2D eigenvalue weighted by atomic mass is 10.1. The topological polar surface area (TPSA) is 3.24 Å². The third-order valence-corrected chi connectivity index (χ3v) is 3.47. The van der Waals surface area contributed by atoms with Gasteiger partial charge in [0, 0.05) is 25.0 Å². The van der Waals surface area contributed by atoms with Crippen molar-refractivity contribution >= 4 is 15.9 Å². The van der Waals surface area contributed by atoms with Gasteiger partial charge in [-0.1, -0.05) is 57.0 Å². The molecule has 92 valence electrons. The maximum atomic E-state index is 3.61. The number of halogens is 1. The Labute approximate surface area is 105 Å². The molecule has 0 heterocycles. The van der Waals surface area contributed by atoms with Crippen LogP contribution in [0.15, 0.2) is 0 Å². The van der Waals surface area contributed by atoms with Gasteiger partial charge in [-0.25, -0.2) is 0 Å². The van der Waals surface area contributed by atoms with E-state index in [-0.39, 0.29) is 0 Å². The van der Waals surface area contributed by atoms with Crippen LogP contribution in [0.4, 0.5) is 0 Å². The predicted molar refractivity (Wildman–Crippen MR) is 73.7 cm³/mol. The summed E-state index contributed by atoms with van der Waals surface area (Å²) in [5, 5.41) is 1.14. The molecule has 15 heavy (non-hydrogen) atoms. The maximum Gasteiger partial charge on any atom is 0.00717 e. The Morgan fingerprint density at radius 2 is 1.40 bits per heavy atom. The van der Waals surface area contributed by atoms with Crippen LogP contribution in [0.25, 0.3) is 0 Å². The van der Waals surface area contributed by atoms with Gasteiger partial charge in [-0.15, -0.1) is 0 Å². The molecule has 0 fully saturated rings. The minimum absolute atomic E-state index is 0.775. The molecule has 0 aromatic heterocycles. The average molecular weight is 278 g/mol. The van der Waals surface area contributed by atoms with Crippen molar-refractivity contribution in [3.05, 3.63) is 0 Å². The highest BCUT2D eigenvalue weighted by atomic mass is 79.9. The van der Waals surface area contributed by atoms with Crippen LogP contribution in [0.3, 0.4) is 0 Å². The monoisotopic (exact) mass is 277 g/mol. The zero-order chi connectivity index (χ0) is 11.8. The second-order valence-electron chi connectivity index (χ2n) is 5.43. The molecule has 0 aliphatic carbocycles. The summed E-state index contributed by atoms with van der Waals surface area (Å²) in [6.07, 6.45) is 1.28. The molecule has 0 spiro atoms. The van der Waals surface area contributed by atoms with E-state index in [4.69, 9.17) is 0 Å². The van der Waals surface area contributed by atoms with Crippen molar-refractivity contribution in [3.63, 3.8) is 0 Å². The summed E-state index contributed by atoms with van der Waals surface area (Å²) >= 11 is 3.61. The molecule has 0 saturated carbocycles. The first-order valence-corrected chi connectivity index (χ1v) is 7.40. The van der Waals surface area contributed by atoms with Gasteiger partial charge in [0.1, 0.15) is 0 Å². The van der Waals surface area contributed by atoms with Crippen LogP contribution in [0, 0.1) is 17.8 Å². The van der Waals surface area contributed by atoms with Crippen LogP contribution in [0.5, 0.6) is 0 Å². The van der Waals surface area contributed by atoms with Gasteiger partial charge in [-0.3, -0.25) is 0 Å². The van der Waals surface area contributed by atoms with Gasteiger partial charge in [0.2, 0.25) is 0 Å². The van der Waals surface area contributed by atoms with Gasteiger partial charge >= 0.3 is 0 Å². The fraction of sp³-hybridized carbons (Fsp3) is 1.00. The van der Waals surface area contributed by atoms with E-state index >= 15 is 0 Å². The summed E-state index contributed by atoms with van der Waals surface area (Å²) in [5.41, 5.74) is 0. The van der Waals surface area contributed by atoms with Crippen molar-refractivity contribution in [1.29, 1.82) is 0 Å². The third-order valence-electron chi connectivity index (χ3n) is 2.56. The Morgan fingerprint density at radius 1 is 0.933 bits per heavy atom. The molecule has 1 unspecified atom stereocenters. The lowest BCUT2D eigenvalue weighted by Gasteiger charge is -2.29. The highest BCUT2D eigenvalue weighted by molar-refractivity contribution is 9.09. The second-order valence-corrected chi connectivity index (χ2v) is 6.08. The molecule has 1 nitrogen and oxygen atoms in total.